The van der Waals surface area contributed by atoms with Gasteiger partial charge in [0.15, 0.2) is 0 Å². The van der Waals surface area contributed by atoms with Crippen LogP contribution in [0.1, 0.15) is 6.42 Å². The van der Waals surface area contributed by atoms with Crippen molar-refractivity contribution in [2.24, 2.45) is 5.92 Å². The number of nitrogens with zero attached hydrogens (tertiary/aromatic N) is 3. The maximum Gasteiger partial charge on any atom is 0.230 e. The third-order valence-electron chi connectivity index (χ3n) is 3.72. The summed E-state index contributed by atoms with van der Waals surface area (Å²) in [7, 11) is 1.46. The number of aromatic nitrogens is 2. The average Bonchev–Trinajstić information content (AvgIpc) is 2.97. The highest BCUT2D eigenvalue weighted by molar-refractivity contribution is 6.03. The molecule has 124 valence electrons. The predicted molar refractivity (Wildman–Crippen MR) is 84.1 cm³/mol. The van der Waals surface area contributed by atoms with Crippen LogP contribution >= 0.6 is 0 Å². The molecule has 3 rings (SSSR count). The molecule has 1 atom stereocenters. The number of methoxy groups -OCH3 is 1. The molecule has 2 aromatic rings. The van der Waals surface area contributed by atoms with Gasteiger partial charge in [0.2, 0.25) is 17.7 Å². The van der Waals surface area contributed by atoms with Crippen LogP contribution < -0.4 is 15.0 Å². The van der Waals surface area contributed by atoms with Gasteiger partial charge in [0.25, 0.3) is 0 Å². The summed E-state index contributed by atoms with van der Waals surface area (Å²) < 4.78 is 18.3. The Morgan fingerprint density at radius 1 is 1.38 bits per heavy atom. The Balaban J connectivity index is 1.69. The molecule has 1 aliphatic rings. The number of hydrogen-bond donors (Lipinski definition) is 1. The van der Waals surface area contributed by atoms with Gasteiger partial charge in [0, 0.05) is 24.7 Å². The van der Waals surface area contributed by atoms with Gasteiger partial charge in [-0.15, -0.1) is 0 Å². The van der Waals surface area contributed by atoms with Crippen molar-refractivity contribution in [3.63, 3.8) is 0 Å². The minimum atomic E-state index is -0.540. The summed E-state index contributed by atoms with van der Waals surface area (Å²) in [4.78, 5) is 33.7. The number of hydrogen-bond acceptors (Lipinski definition) is 5. The molecule has 1 aliphatic heterocycles. The first kappa shape index (κ1) is 15.9. The Hall–Kier alpha value is -3.03. The second-order valence-electron chi connectivity index (χ2n) is 5.32. The lowest BCUT2D eigenvalue weighted by molar-refractivity contribution is -0.122. The predicted octanol–water partition coefficient (Wildman–Crippen LogP) is 1.62. The molecule has 1 aromatic carbocycles. The summed E-state index contributed by atoms with van der Waals surface area (Å²) in [6.45, 7) is 0.191. The molecule has 0 saturated carbocycles. The van der Waals surface area contributed by atoms with Crippen LogP contribution in [0.3, 0.4) is 0 Å². The first-order chi connectivity index (χ1) is 11.6. The van der Waals surface area contributed by atoms with E-state index in [0.29, 0.717) is 17.4 Å². The number of carbonyl (C=O) groups is 2. The fourth-order valence-corrected chi connectivity index (χ4v) is 2.52. The van der Waals surface area contributed by atoms with Gasteiger partial charge >= 0.3 is 0 Å². The number of carbonyl (C=O) groups excluding carboxylic acids is 2. The monoisotopic (exact) mass is 330 g/mol. The van der Waals surface area contributed by atoms with E-state index in [9.17, 15) is 14.0 Å². The van der Waals surface area contributed by atoms with Crippen LogP contribution in [-0.4, -0.2) is 35.4 Å². The highest BCUT2D eigenvalue weighted by Gasteiger charge is 2.35. The van der Waals surface area contributed by atoms with Crippen molar-refractivity contribution in [3.05, 3.63) is 42.5 Å². The lowest BCUT2D eigenvalue weighted by atomic mass is 10.1. The van der Waals surface area contributed by atoms with Crippen LogP contribution in [-0.2, 0) is 9.59 Å². The van der Waals surface area contributed by atoms with E-state index < -0.39 is 11.7 Å². The van der Waals surface area contributed by atoms with Gasteiger partial charge < -0.3 is 15.0 Å². The topological polar surface area (TPSA) is 84.4 Å². The minimum absolute atomic E-state index is 0.0601. The molecule has 0 aliphatic carbocycles. The number of nitrogens with one attached hydrogen (secondary N) is 1. The van der Waals surface area contributed by atoms with Crippen LogP contribution in [0.15, 0.2) is 36.7 Å². The lowest BCUT2D eigenvalue weighted by Crippen LogP contribution is -2.28. The molecule has 1 fully saturated rings. The molecule has 0 spiro atoms. The second-order valence-corrected chi connectivity index (χ2v) is 5.32. The van der Waals surface area contributed by atoms with Gasteiger partial charge in [-0.25, -0.2) is 14.4 Å². The molecule has 24 heavy (non-hydrogen) atoms. The van der Waals surface area contributed by atoms with E-state index in [4.69, 9.17) is 4.74 Å². The Bertz CT molecular complexity index is 783. The van der Waals surface area contributed by atoms with Crippen molar-refractivity contribution >= 4 is 23.3 Å². The summed E-state index contributed by atoms with van der Waals surface area (Å²) in [6.07, 6.45) is 1.33. The van der Waals surface area contributed by atoms with Gasteiger partial charge in [0.05, 0.1) is 13.0 Å². The van der Waals surface area contributed by atoms with Crippen LogP contribution in [0.5, 0.6) is 5.88 Å². The molecule has 7 nitrogen and oxygen atoms in total. The molecule has 2 heterocycles. The summed E-state index contributed by atoms with van der Waals surface area (Å²) in [5.41, 5.74) is 0.444. The third kappa shape index (κ3) is 3.32. The van der Waals surface area contributed by atoms with E-state index >= 15 is 0 Å². The van der Waals surface area contributed by atoms with Gasteiger partial charge in [0.1, 0.15) is 18.0 Å². The Morgan fingerprint density at radius 2 is 2.21 bits per heavy atom. The smallest absolute Gasteiger partial charge is 0.230 e. The quantitative estimate of drug-likeness (QED) is 0.921. The number of benzene rings is 1. The zero-order chi connectivity index (χ0) is 17.1. The van der Waals surface area contributed by atoms with Crippen molar-refractivity contribution in [2.45, 2.75) is 6.42 Å². The maximum atomic E-state index is 13.3. The normalized spacial score (nSPS) is 17.0. The second kappa shape index (κ2) is 6.61. The largest absolute Gasteiger partial charge is 0.481 e. The standard InChI is InChI=1S/C16H15FN4O3/c1-24-14-7-13(18-9-19-14)20-16(23)10-5-15(22)21(8-10)12-4-2-3-11(17)6-12/h2-4,6-7,9-10H,5,8H2,1H3,(H,18,19,20,23)/t10-/m0/s1. The molecule has 2 amide bonds. The number of anilines is 2. The van der Waals surface area contributed by atoms with Crippen molar-refractivity contribution in [1.82, 2.24) is 9.97 Å². The molecule has 0 radical (unpaired) electrons. The van der Waals surface area contributed by atoms with Crippen molar-refractivity contribution in [3.8, 4) is 5.88 Å². The van der Waals surface area contributed by atoms with E-state index in [1.807, 2.05) is 0 Å². The van der Waals surface area contributed by atoms with Crippen LogP contribution in [0.2, 0.25) is 0 Å². The van der Waals surface area contributed by atoms with Crippen molar-refractivity contribution in [2.75, 3.05) is 23.9 Å². The summed E-state index contributed by atoms with van der Waals surface area (Å²) >= 11 is 0. The zero-order valence-electron chi connectivity index (χ0n) is 12.9. The summed E-state index contributed by atoms with van der Waals surface area (Å²) in [5.74, 6) is -0.903. The van der Waals surface area contributed by atoms with Crippen LogP contribution in [0, 0.1) is 11.7 Å². The lowest BCUT2D eigenvalue weighted by Gasteiger charge is -2.16. The first-order valence-electron chi connectivity index (χ1n) is 7.29. The molecule has 1 N–H and O–H groups in total. The Labute approximate surface area is 137 Å². The van der Waals surface area contributed by atoms with E-state index in [1.165, 1.54) is 42.6 Å². The SMILES string of the molecule is COc1cc(NC(=O)[C@H]2CC(=O)N(c3cccc(F)c3)C2)ncn1. The summed E-state index contributed by atoms with van der Waals surface area (Å²) in [5, 5.41) is 2.64. The maximum absolute atomic E-state index is 13.3. The van der Waals surface area contributed by atoms with Crippen molar-refractivity contribution in [1.29, 1.82) is 0 Å². The molecule has 1 saturated heterocycles. The number of ether oxygens (including phenoxy) is 1. The Kier molecular flexibility index (Phi) is 4.37. The Morgan fingerprint density at radius 3 is 2.96 bits per heavy atom. The fourth-order valence-electron chi connectivity index (χ4n) is 2.52. The number of rotatable bonds is 4. The summed E-state index contributed by atoms with van der Waals surface area (Å²) in [6, 6.07) is 7.22. The fraction of sp³-hybridized carbons (Fsp3) is 0.250. The number of amides is 2. The minimum Gasteiger partial charge on any atom is -0.481 e. The van der Waals surface area contributed by atoms with Gasteiger partial charge in [-0.1, -0.05) is 6.07 Å². The van der Waals surface area contributed by atoms with Gasteiger partial charge in [-0.05, 0) is 18.2 Å². The van der Waals surface area contributed by atoms with Crippen LogP contribution in [0.4, 0.5) is 15.9 Å². The van der Waals surface area contributed by atoms with E-state index in [1.54, 1.807) is 6.07 Å². The molecular weight excluding hydrogens is 315 g/mol. The van der Waals surface area contributed by atoms with Gasteiger partial charge in [-0.2, -0.15) is 0 Å². The highest BCUT2D eigenvalue weighted by Crippen LogP contribution is 2.26. The average molecular weight is 330 g/mol. The molecule has 0 bridgehead atoms. The van der Waals surface area contributed by atoms with Crippen LogP contribution in [0.25, 0.3) is 0 Å². The molecule has 8 heteroatoms. The van der Waals surface area contributed by atoms with Gasteiger partial charge in [-0.3, -0.25) is 9.59 Å². The molecule has 1 aromatic heterocycles. The van der Waals surface area contributed by atoms with Crippen molar-refractivity contribution < 1.29 is 18.7 Å². The molecular formula is C16H15FN4O3. The van der Waals surface area contributed by atoms with E-state index in [0.717, 1.165) is 0 Å². The van der Waals surface area contributed by atoms with E-state index in [-0.39, 0.29) is 24.8 Å². The highest BCUT2D eigenvalue weighted by atomic mass is 19.1. The third-order valence-corrected chi connectivity index (χ3v) is 3.72. The zero-order valence-corrected chi connectivity index (χ0v) is 12.9. The molecule has 0 unspecified atom stereocenters. The first-order valence-corrected chi connectivity index (χ1v) is 7.29. The van der Waals surface area contributed by atoms with E-state index in [2.05, 4.69) is 15.3 Å². The number of halogens is 1.